The van der Waals surface area contributed by atoms with Crippen LogP contribution in [0.4, 0.5) is 5.82 Å². The first-order valence-corrected chi connectivity index (χ1v) is 6.58. The topological polar surface area (TPSA) is 57.8 Å². The number of H-pyrrole nitrogens is 1. The molecular formula is C14H16ClN3O. The number of rotatable bonds is 5. The molecule has 0 aliphatic heterocycles. The predicted octanol–water partition coefficient (Wildman–Crippen LogP) is 3.03. The normalized spacial score (nSPS) is 12.1. The summed E-state index contributed by atoms with van der Waals surface area (Å²) in [7, 11) is 0. The number of aromatic nitrogens is 2. The highest BCUT2D eigenvalue weighted by Crippen LogP contribution is 2.19. The van der Waals surface area contributed by atoms with Gasteiger partial charge < -0.3 is 10.3 Å². The number of aromatic amines is 1. The summed E-state index contributed by atoms with van der Waals surface area (Å²) in [5.41, 5.74) is 0.976. The number of hydrogen-bond donors (Lipinski definition) is 2. The van der Waals surface area contributed by atoms with Crippen molar-refractivity contribution >= 4 is 17.4 Å². The smallest absolute Gasteiger partial charge is 0.271 e. The van der Waals surface area contributed by atoms with Gasteiger partial charge in [-0.15, -0.1) is 0 Å². The van der Waals surface area contributed by atoms with Crippen molar-refractivity contribution < 1.29 is 0 Å². The molecule has 100 valence electrons. The van der Waals surface area contributed by atoms with E-state index in [-0.39, 0.29) is 10.6 Å². The van der Waals surface area contributed by atoms with Crippen LogP contribution in [0.5, 0.6) is 0 Å². The number of nitrogens with zero attached hydrogens (tertiary/aromatic N) is 1. The third kappa shape index (κ3) is 3.58. The van der Waals surface area contributed by atoms with E-state index in [0.29, 0.717) is 18.3 Å². The maximum Gasteiger partial charge on any atom is 0.271 e. The van der Waals surface area contributed by atoms with Crippen molar-refractivity contribution in [3.8, 4) is 0 Å². The fourth-order valence-corrected chi connectivity index (χ4v) is 2.03. The van der Waals surface area contributed by atoms with Crippen LogP contribution in [-0.2, 0) is 0 Å². The summed E-state index contributed by atoms with van der Waals surface area (Å²) in [6, 6.07) is 10.3. The fraction of sp³-hybridized carbons (Fsp3) is 0.286. The van der Waals surface area contributed by atoms with Crippen LogP contribution in [0.3, 0.4) is 0 Å². The predicted molar refractivity (Wildman–Crippen MR) is 77.8 cm³/mol. The number of anilines is 1. The third-order valence-corrected chi connectivity index (χ3v) is 3.39. The number of hydrogen-bond acceptors (Lipinski definition) is 3. The molecule has 2 N–H and O–H groups in total. The minimum absolute atomic E-state index is 0.106. The standard InChI is InChI=1S/C14H16ClN3O/c1-10(11-5-3-2-4-6-11)7-8-16-13-12(15)14(19)18-9-17-13/h2-6,9-10H,7-8H2,1H3,(H2,16,17,18,19). The van der Waals surface area contributed by atoms with Gasteiger partial charge in [-0.3, -0.25) is 4.79 Å². The lowest BCUT2D eigenvalue weighted by Crippen LogP contribution is -2.13. The first-order chi connectivity index (χ1) is 9.18. The van der Waals surface area contributed by atoms with E-state index < -0.39 is 0 Å². The molecule has 0 aliphatic carbocycles. The molecule has 1 heterocycles. The molecule has 19 heavy (non-hydrogen) atoms. The molecule has 0 fully saturated rings. The minimum Gasteiger partial charge on any atom is -0.369 e. The molecule has 1 aromatic heterocycles. The van der Waals surface area contributed by atoms with Gasteiger partial charge in [0.2, 0.25) is 0 Å². The maximum absolute atomic E-state index is 11.3. The molecule has 0 aliphatic rings. The van der Waals surface area contributed by atoms with Gasteiger partial charge in [0.05, 0.1) is 6.33 Å². The lowest BCUT2D eigenvalue weighted by molar-refractivity contribution is 0.704. The maximum atomic E-state index is 11.3. The highest BCUT2D eigenvalue weighted by atomic mass is 35.5. The Morgan fingerprint density at radius 2 is 2.11 bits per heavy atom. The van der Waals surface area contributed by atoms with Gasteiger partial charge in [0.1, 0.15) is 5.02 Å². The summed E-state index contributed by atoms with van der Waals surface area (Å²) < 4.78 is 0. The van der Waals surface area contributed by atoms with E-state index in [2.05, 4.69) is 34.3 Å². The van der Waals surface area contributed by atoms with E-state index in [0.717, 1.165) is 6.42 Å². The Morgan fingerprint density at radius 1 is 1.37 bits per heavy atom. The highest BCUT2D eigenvalue weighted by molar-refractivity contribution is 6.32. The molecule has 0 spiro atoms. The molecule has 2 aromatic rings. The summed E-state index contributed by atoms with van der Waals surface area (Å²) in [6.07, 6.45) is 2.28. The molecule has 0 radical (unpaired) electrons. The molecule has 1 aromatic carbocycles. The van der Waals surface area contributed by atoms with Gasteiger partial charge in [-0.2, -0.15) is 0 Å². The second kappa shape index (κ2) is 6.38. The van der Waals surface area contributed by atoms with E-state index in [1.54, 1.807) is 0 Å². The van der Waals surface area contributed by atoms with Gasteiger partial charge in [-0.1, -0.05) is 48.9 Å². The van der Waals surface area contributed by atoms with E-state index in [1.165, 1.54) is 11.9 Å². The van der Waals surface area contributed by atoms with Crippen molar-refractivity contribution in [1.29, 1.82) is 0 Å². The Hall–Kier alpha value is -1.81. The van der Waals surface area contributed by atoms with Crippen LogP contribution in [0, 0.1) is 0 Å². The van der Waals surface area contributed by atoms with Crippen molar-refractivity contribution in [1.82, 2.24) is 9.97 Å². The van der Waals surface area contributed by atoms with Crippen LogP contribution in [0.25, 0.3) is 0 Å². The van der Waals surface area contributed by atoms with Gasteiger partial charge in [-0.05, 0) is 17.9 Å². The van der Waals surface area contributed by atoms with Crippen LogP contribution in [0.2, 0.25) is 5.02 Å². The molecule has 1 atom stereocenters. The van der Waals surface area contributed by atoms with Crippen LogP contribution in [-0.4, -0.2) is 16.5 Å². The Labute approximate surface area is 116 Å². The van der Waals surface area contributed by atoms with Crippen molar-refractivity contribution in [3.63, 3.8) is 0 Å². The molecular weight excluding hydrogens is 262 g/mol. The minimum atomic E-state index is -0.324. The van der Waals surface area contributed by atoms with Crippen LogP contribution in [0.15, 0.2) is 41.5 Å². The van der Waals surface area contributed by atoms with Crippen molar-refractivity contribution in [2.24, 2.45) is 0 Å². The lowest BCUT2D eigenvalue weighted by atomic mass is 9.98. The van der Waals surface area contributed by atoms with E-state index in [4.69, 9.17) is 11.6 Å². The van der Waals surface area contributed by atoms with Crippen molar-refractivity contribution in [2.45, 2.75) is 19.3 Å². The average molecular weight is 278 g/mol. The second-order valence-corrected chi connectivity index (χ2v) is 4.80. The van der Waals surface area contributed by atoms with Gasteiger partial charge in [-0.25, -0.2) is 4.98 Å². The fourth-order valence-electron chi connectivity index (χ4n) is 1.86. The lowest BCUT2D eigenvalue weighted by Gasteiger charge is -2.12. The number of halogens is 1. The molecule has 2 rings (SSSR count). The molecule has 0 bridgehead atoms. The first kappa shape index (κ1) is 13.6. The first-order valence-electron chi connectivity index (χ1n) is 6.20. The third-order valence-electron chi connectivity index (χ3n) is 3.03. The van der Waals surface area contributed by atoms with Crippen LogP contribution < -0.4 is 10.9 Å². The van der Waals surface area contributed by atoms with E-state index in [1.807, 2.05) is 18.2 Å². The summed E-state index contributed by atoms with van der Waals surface area (Å²) in [6.45, 7) is 2.89. The quantitative estimate of drug-likeness (QED) is 0.883. The Kier molecular flexibility index (Phi) is 4.58. The van der Waals surface area contributed by atoms with Crippen LogP contribution >= 0.6 is 11.6 Å². The zero-order valence-electron chi connectivity index (χ0n) is 10.7. The van der Waals surface area contributed by atoms with Gasteiger partial charge in [0.25, 0.3) is 5.56 Å². The Bertz CT molecular complexity index is 583. The Morgan fingerprint density at radius 3 is 2.84 bits per heavy atom. The number of benzene rings is 1. The SMILES string of the molecule is CC(CCNc1nc[nH]c(=O)c1Cl)c1ccccc1. The summed E-state index contributed by atoms with van der Waals surface area (Å²) in [5.74, 6) is 0.875. The monoisotopic (exact) mass is 277 g/mol. The second-order valence-electron chi connectivity index (χ2n) is 4.42. The van der Waals surface area contributed by atoms with Crippen LogP contribution in [0.1, 0.15) is 24.8 Å². The largest absolute Gasteiger partial charge is 0.369 e. The zero-order chi connectivity index (χ0) is 13.7. The van der Waals surface area contributed by atoms with Gasteiger partial charge in [0, 0.05) is 6.54 Å². The molecule has 5 heteroatoms. The molecule has 0 saturated heterocycles. The molecule has 0 amide bonds. The highest BCUT2D eigenvalue weighted by Gasteiger charge is 2.07. The van der Waals surface area contributed by atoms with Crippen molar-refractivity contribution in [2.75, 3.05) is 11.9 Å². The summed E-state index contributed by atoms with van der Waals surface area (Å²) in [4.78, 5) is 17.7. The summed E-state index contributed by atoms with van der Waals surface area (Å²) >= 11 is 5.86. The average Bonchev–Trinajstić information content (AvgIpc) is 2.44. The van der Waals surface area contributed by atoms with Crippen molar-refractivity contribution in [3.05, 3.63) is 57.6 Å². The van der Waals surface area contributed by atoms with E-state index >= 15 is 0 Å². The molecule has 0 saturated carbocycles. The summed E-state index contributed by atoms with van der Waals surface area (Å²) in [5, 5.41) is 3.20. The molecule has 1 unspecified atom stereocenters. The Balaban J connectivity index is 1.90. The van der Waals surface area contributed by atoms with Gasteiger partial charge in [0.15, 0.2) is 5.82 Å². The number of nitrogens with one attached hydrogen (secondary N) is 2. The van der Waals surface area contributed by atoms with E-state index in [9.17, 15) is 4.79 Å². The zero-order valence-corrected chi connectivity index (χ0v) is 11.4. The van der Waals surface area contributed by atoms with Gasteiger partial charge >= 0.3 is 0 Å². The molecule has 4 nitrogen and oxygen atoms in total.